The van der Waals surface area contributed by atoms with Gasteiger partial charge in [-0.3, -0.25) is 0 Å². The van der Waals surface area contributed by atoms with Crippen LogP contribution in [0.15, 0.2) is 18.2 Å². The minimum Gasteiger partial charge on any atom is -0.493 e. The van der Waals surface area contributed by atoms with Crippen LogP contribution in [0.1, 0.15) is 37.8 Å². The van der Waals surface area contributed by atoms with E-state index in [2.05, 4.69) is 45.9 Å². The van der Waals surface area contributed by atoms with Crippen LogP contribution in [0.3, 0.4) is 0 Å². The second-order valence-corrected chi connectivity index (χ2v) is 4.65. The molecule has 0 unspecified atom stereocenters. The van der Waals surface area contributed by atoms with Crippen LogP contribution in [0.4, 0.5) is 0 Å². The summed E-state index contributed by atoms with van der Waals surface area (Å²) in [5.41, 5.74) is 2.53. The van der Waals surface area contributed by atoms with Crippen molar-refractivity contribution in [2.24, 2.45) is 5.92 Å². The van der Waals surface area contributed by atoms with Gasteiger partial charge in [-0.2, -0.15) is 0 Å². The fourth-order valence-corrected chi connectivity index (χ4v) is 1.63. The summed E-state index contributed by atoms with van der Waals surface area (Å²) in [7, 11) is 0. The molecule has 0 heterocycles. The van der Waals surface area contributed by atoms with E-state index in [0.717, 1.165) is 24.7 Å². The molecule has 0 fully saturated rings. The third-order valence-corrected chi connectivity index (χ3v) is 2.51. The number of ether oxygens (including phenoxy) is 1. The number of hydrogen-bond donors (Lipinski definition) is 0. The van der Waals surface area contributed by atoms with Crippen LogP contribution < -0.4 is 4.74 Å². The Morgan fingerprint density at radius 3 is 2.53 bits per heavy atom. The van der Waals surface area contributed by atoms with Gasteiger partial charge in [0.05, 0.1) is 6.61 Å². The lowest BCUT2D eigenvalue weighted by Gasteiger charge is -2.10. The Balaban J connectivity index is 2.37. The molecular weight excluding hydrogens is 184 g/mol. The highest BCUT2D eigenvalue weighted by Crippen LogP contribution is 2.19. The summed E-state index contributed by atoms with van der Waals surface area (Å²) in [6, 6.07) is 6.34. The summed E-state index contributed by atoms with van der Waals surface area (Å²) in [5.74, 6) is 1.80. The van der Waals surface area contributed by atoms with Crippen molar-refractivity contribution in [1.29, 1.82) is 0 Å². The van der Waals surface area contributed by atoms with Crippen LogP contribution in [-0.4, -0.2) is 6.61 Å². The van der Waals surface area contributed by atoms with Gasteiger partial charge in [-0.05, 0) is 44.2 Å². The Labute approximate surface area is 93.5 Å². The summed E-state index contributed by atoms with van der Waals surface area (Å²) in [5, 5.41) is 0. The topological polar surface area (TPSA) is 9.23 Å². The first-order chi connectivity index (χ1) is 7.09. The van der Waals surface area contributed by atoms with E-state index in [0.29, 0.717) is 0 Å². The SMILES string of the molecule is Cc1ccc(OCCCC(C)C)c(C)c1. The summed E-state index contributed by atoms with van der Waals surface area (Å²) >= 11 is 0. The summed E-state index contributed by atoms with van der Waals surface area (Å²) in [4.78, 5) is 0. The largest absolute Gasteiger partial charge is 0.493 e. The summed E-state index contributed by atoms with van der Waals surface area (Å²) in [6.45, 7) is 9.54. The van der Waals surface area contributed by atoms with Crippen LogP contribution >= 0.6 is 0 Å². The number of hydrogen-bond acceptors (Lipinski definition) is 1. The van der Waals surface area contributed by atoms with Crippen molar-refractivity contribution in [1.82, 2.24) is 0 Å². The van der Waals surface area contributed by atoms with E-state index in [-0.39, 0.29) is 0 Å². The lowest BCUT2D eigenvalue weighted by molar-refractivity contribution is 0.296. The van der Waals surface area contributed by atoms with Crippen LogP contribution in [0.25, 0.3) is 0 Å². The fourth-order valence-electron chi connectivity index (χ4n) is 1.63. The van der Waals surface area contributed by atoms with Crippen molar-refractivity contribution in [3.8, 4) is 5.75 Å². The predicted octanol–water partition coefficient (Wildman–Crippen LogP) is 4.12. The summed E-state index contributed by atoms with van der Waals surface area (Å²) < 4.78 is 5.74. The molecule has 0 N–H and O–H groups in total. The number of aryl methyl sites for hydroxylation is 2. The van der Waals surface area contributed by atoms with E-state index >= 15 is 0 Å². The van der Waals surface area contributed by atoms with E-state index in [9.17, 15) is 0 Å². The molecule has 1 aromatic rings. The van der Waals surface area contributed by atoms with Crippen LogP contribution in [-0.2, 0) is 0 Å². The normalized spacial score (nSPS) is 10.7. The zero-order valence-electron chi connectivity index (χ0n) is 10.3. The minimum absolute atomic E-state index is 0.771. The van der Waals surface area contributed by atoms with Gasteiger partial charge >= 0.3 is 0 Å². The third-order valence-electron chi connectivity index (χ3n) is 2.51. The molecule has 0 saturated carbocycles. The van der Waals surface area contributed by atoms with Crippen molar-refractivity contribution in [3.63, 3.8) is 0 Å². The molecule has 1 aromatic carbocycles. The average molecular weight is 206 g/mol. The first-order valence-corrected chi connectivity index (χ1v) is 5.79. The van der Waals surface area contributed by atoms with Crippen molar-refractivity contribution in [2.75, 3.05) is 6.61 Å². The van der Waals surface area contributed by atoms with Gasteiger partial charge in [0.1, 0.15) is 5.75 Å². The van der Waals surface area contributed by atoms with Gasteiger partial charge in [-0.15, -0.1) is 0 Å². The highest BCUT2D eigenvalue weighted by Gasteiger charge is 1.99. The summed E-state index contributed by atoms with van der Waals surface area (Å²) in [6.07, 6.45) is 2.38. The second kappa shape index (κ2) is 5.79. The molecule has 0 saturated heterocycles. The molecule has 0 amide bonds. The van der Waals surface area contributed by atoms with E-state index < -0.39 is 0 Å². The zero-order valence-corrected chi connectivity index (χ0v) is 10.3. The molecule has 0 radical (unpaired) electrons. The molecule has 0 aliphatic rings. The average Bonchev–Trinajstić information content (AvgIpc) is 2.14. The molecule has 15 heavy (non-hydrogen) atoms. The first kappa shape index (κ1) is 12.1. The molecule has 0 aromatic heterocycles. The van der Waals surface area contributed by atoms with Gasteiger partial charge in [0.25, 0.3) is 0 Å². The van der Waals surface area contributed by atoms with Crippen LogP contribution in [0.2, 0.25) is 0 Å². The fraction of sp³-hybridized carbons (Fsp3) is 0.571. The molecule has 0 bridgehead atoms. The smallest absolute Gasteiger partial charge is 0.122 e. The van der Waals surface area contributed by atoms with Crippen molar-refractivity contribution < 1.29 is 4.74 Å². The van der Waals surface area contributed by atoms with E-state index in [1.165, 1.54) is 17.5 Å². The molecule has 1 rings (SSSR count). The molecule has 0 atom stereocenters. The molecular formula is C14H22O. The van der Waals surface area contributed by atoms with E-state index in [1.807, 2.05) is 0 Å². The molecule has 0 aliphatic carbocycles. The van der Waals surface area contributed by atoms with Crippen molar-refractivity contribution in [2.45, 2.75) is 40.5 Å². The Hall–Kier alpha value is -0.980. The maximum atomic E-state index is 5.74. The Morgan fingerprint density at radius 1 is 1.20 bits per heavy atom. The van der Waals surface area contributed by atoms with Crippen molar-refractivity contribution >= 4 is 0 Å². The molecule has 1 heteroatoms. The molecule has 1 nitrogen and oxygen atoms in total. The van der Waals surface area contributed by atoms with E-state index in [1.54, 1.807) is 0 Å². The molecule has 0 aliphatic heterocycles. The maximum absolute atomic E-state index is 5.74. The molecule has 0 spiro atoms. The second-order valence-electron chi connectivity index (χ2n) is 4.65. The first-order valence-electron chi connectivity index (χ1n) is 5.79. The van der Waals surface area contributed by atoms with Crippen molar-refractivity contribution in [3.05, 3.63) is 29.3 Å². The van der Waals surface area contributed by atoms with Gasteiger partial charge < -0.3 is 4.74 Å². The highest BCUT2D eigenvalue weighted by molar-refractivity contribution is 5.35. The lowest BCUT2D eigenvalue weighted by Crippen LogP contribution is -2.00. The molecule has 84 valence electrons. The van der Waals surface area contributed by atoms with Gasteiger partial charge in [0.2, 0.25) is 0 Å². The van der Waals surface area contributed by atoms with Gasteiger partial charge in [0, 0.05) is 0 Å². The van der Waals surface area contributed by atoms with E-state index in [4.69, 9.17) is 4.74 Å². The van der Waals surface area contributed by atoms with Gasteiger partial charge in [0.15, 0.2) is 0 Å². The van der Waals surface area contributed by atoms with Crippen LogP contribution in [0.5, 0.6) is 5.75 Å². The van der Waals surface area contributed by atoms with Gasteiger partial charge in [-0.1, -0.05) is 31.5 Å². The minimum atomic E-state index is 0.771. The Bertz CT molecular complexity index is 302. The maximum Gasteiger partial charge on any atom is 0.122 e. The Morgan fingerprint density at radius 2 is 1.93 bits per heavy atom. The van der Waals surface area contributed by atoms with Crippen LogP contribution in [0, 0.1) is 19.8 Å². The Kier molecular flexibility index (Phi) is 4.67. The zero-order chi connectivity index (χ0) is 11.3. The van der Waals surface area contributed by atoms with Gasteiger partial charge in [-0.25, -0.2) is 0 Å². The number of rotatable bonds is 5. The monoisotopic (exact) mass is 206 g/mol. The standard InChI is InChI=1S/C14H22O/c1-11(2)6-5-9-15-14-8-7-12(3)10-13(14)4/h7-8,10-11H,5-6,9H2,1-4H3. The highest BCUT2D eigenvalue weighted by atomic mass is 16.5. The quantitative estimate of drug-likeness (QED) is 0.658. The third kappa shape index (κ3) is 4.37. The predicted molar refractivity (Wildman–Crippen MR) is 65.5 cm³/mol. The number of benzene rings is 1. The lowest BCUT2D eigenvalue weighted by atomic mass is 10.1.